The highest BCUT2D eigenvalue weighted by Gasteiger charge is 2.29. The molecule has 1 N–H and O–H groups in total. The molecule has 2 rings (SSSR count). The minimum atomic E-state index is -3.71. The number of amides is 1. The van der Waals surface area contributed by atoms with Gasteiger partial charge in [0.15, 0.2) is 0 Å². The minimum absolute atomic E-state index is 0.242. The van der Waals surface area contributed by atoms with E-state index in [0.29, 0.717) is 22.5 Å². The Labute approximate surface area is 171 Å². The highest BCUT2D eigenvalue weighted by Crippen LogP contribution is 2.24. The lowest BCUT2D eigenvalue weighted by Gasteiger charge is -2.28. The smallest absolute Gasteiger partial charge is 0.338 e. The number of rotatable bonds is 7. The molecule has 2 aromatic carbocycles. The normalized spacial score (nSPS) is 12.2. The van der Waals surface area contributed by atoms with Gasteiger partial charge in [0.05, 0.1) is 24.1 Å². The quantitative estimate of drug-likeness (QED) is 0.697. The van der Waals surface area contributed by atoms with Crippen LogP contribution in [0.25, 0.3) is 0 Å². The van der Waals surface area contributed by atoms with E-state index >= 15 is 0 Å². The third-order valence-corrected chi connectivity index (χ3v) is 5.67. The van der Waals surface area contributed by atoms with Crippen molar-refractivity contribution in [3.63, 3.8) is 0 Å². The van der Waals surface area contributed by atoms with Gasteiger partial charge in [0.25, 0.3) is 0 Å². The molecular formula is C21H26N2O5S. The number of carbonyl (C=O) groups excluding carboxylic acids is 2. The zero-order valence-electron chi connectivity index (χ0n) is 17.2. The summed E-state index contributed by atoms with van der Waals surface area (Å²) >= 11 is 0. The zero-order chi connectivity index (χ0) is 21.8. The van der Waals surface area contributed by atoms with E-state index in [4.69, 9.17) is 4.74 Å². The molecule has 1 amide bonds. The first kappa shape index (κ1) is 22.4. The van der Waals surface area contributed by atoms with Gasteiger partial charge in [-0.05, 0) is 63.1 Å². The molecule has 29 heavy (non-hydrogen) atoms. The van der Waals surface area contributed by atoms with Crippen molar-refractivity contribution in [3.05, 3.63) is 59.2 Å². The van der Waals surface area contributed by atoms with Crippen LogP contribution in [0.2, 0.25) is 0 Å². The maximum Gasteiger partial charge on any atom is 0.338 e. The van der Waals surface area contributed by atoms with E-state index in [1.54, 1.807) is 50.2 Å². The number of nitrogens with one attached hydrogen (secondary N) is 1. The number of ether oxygens (including phenoxy) is 1. The van der Waals surface area contributed by atoms with Gasteiger partial charge in [-0.3, -0.25) is 9.10 Å². The second kappa shape index (κ2) is 9.09. The predicted octanol–water partition coefficient (Wildman–Crippen LogP) is 3.27. The molecule has 0 saturated heterocycles. The largest absolute Gasteiger partial charge is 0.462 e. The fraction of sp³-hybridized carbons (Fsp3) is 0.333. The van der Waals surface area contributed by atoms with Crippen LogP contribution in [0.5, 0.6) is 0 Å². The Hall–Kier alpha value is -2.87. The van der Waals surface area contributed by atoms with E-state index in [9.17, 15) is 18.0 Å². The number of benzene rings is 2. The molecule has 156 valence electrons. The standard InChI is InChI=1S/C21H26N2O5S/c1-6-28-21(25)18-11-8-12-19(15(18)3)22-20(24)16(4)23(29(5,26)27)17-10-7-9-14(2)13-17/h7-13,16H,6H2,1-5H3,(H,22,24)/t16-/m1/s1. The molecule has 8 heteroatoms. The van der Waals surface area contributed by atoms with Crippen molar-refractivity contribution in [1.29, 1.82) is 0 Å². The van der Waals surface area contributed by atoms with Crippen LogP contribution in [-0.2, 0) is 19.6 Å². The number of nitrogens with zero attached hydrogens (tertiary/aromatic N) is 1. The Morgan fingerprint density at radius 2 is 1.79 bits per heavy atom. The Balaban J connectivity index is 2.34. The summed E-state index contributed by atoms with van der Waals surface area (Å²) in [5, 5.41) is 2.73. The van der Waals surface area contributed by atoms with Gasteiger partial charge in [-0.2, -0.15) is 0 Å². The lowest BCUT2D eigenvalue weighted by atomic mass is 10.1. The van der Waals surface area contributed by atoms with Gasteiger partial charge < -0.3 is 10.1 Å². The Bertz CT molecular complexity index is 1020. The highest BCUT2D eigenvalue weighted by molar-refractivity contribution is 7.92. The molecule has 0 radical (unpaired) electrons. The fourth-order valence-electron chi connectivity index (χ4n) is 3.01. The molecule has 0 fully saturated rings. The SMILES string of the molecule is CCOC(=O)c1cccc(NC(=O)[C@@H](C)N(c2cccc(C)c2)S(C)(=O)=O)c1C. The van der Waals surface area contributed by atoms with Crippen LogP contribution in [0, 0.1) is 13.8 Å². The van der Waals surface area contributed by atoms with E-state index in [-0.39, 0.29) is 6.61 Å². The number of sulfonamides is 1. The van der Waals surface area contributed by atoms with Crippen LogP contribution in [-0.4, -0.2) is 39.2 Å². The van der Waals surface area contributed by atoms with Crippen molar-refractivity contribution in [2.45, 2.75) is 33.7 Å². The number of hydrogen-bond donors (Lipinski definition) is 1. The first-order valence-corrected chi connectivity index (χ1v) is 11.0. The lowest BCUT2D eigenvalue weighted by molar-refractivity contribution is -0.116. The zero-order valence-corrected chi connectivity index (χ0v) is 18.0. The Morgan fingerprint density at radius 1 is 1.14 bits per heavy atom. The average Bonchev–Trinajstić information content (AvgIpc) is 2.62. The maximum atomic E-state index is 12.9. The van der Waals surface area contributed by atoms with Gasteiger partial charge in [0.2, 0.25) is 15.9 Å². The fourth-order valence-corrected chi connectivity index (χ4v) is 4.18. The van der Waals surface area contributed by atoms with Crippen molar-refractivity contribution in [2.75, 3.05) is 22.5 Å². The van der Waals surface area contributed by atoms with Crippen molar-refractivity contribution >= 4 is 33.3 Å². The summed E-state index contributed by atoms with van der Waals surface area (Å²) in [5.41, 5.74) is 2.60. The first-order valence-electron chi connectivity index (χ1n) is 9.20. The van der Waals surface area contributed by atoms with Gasteiger partial charge in [0, 0.05) is 5.69 Å². The molecule has 0 aromatic heterocycles. The molecule has 0 aliphatic heterocycles. The molecule has 0 spiro atoms. The molecule has 0 bridgehead atoms. The Kier molecular flexibility index (Phi) is 7.02. The summed E-state index contributed by atoms with van der Waals surface area (Å²) in [4.78, 5) is 25.0. The molecule has 0 aliphatic rings. The van der Waals surface area contributed by atoms with Crippen molar-refractivity contribution < 1.29 is 22.7 Å². The van der Waals surface area contributed by atoms with Crippen LogP contribution in [0.15, 0.2) is 42.5 Å². The van der Waals surface area contributed by atoms with Gasteiger partial charge in [0.1, 0.15) is 6.04 Å². The molecule has 7 nitrogen and oxygen atoms in total. The molecular weight excluding hydrogens is 392 g/mol. The third kappa shape index (κ3) is 5.35. The van der Waals surface area contributed by atoms with E-state index in [1.165, 1.54) is 6.92 Å². The molecule has 0 aliphatic carbocycles. The third-order valence-electron chi connectivity index (χ3n) is 4.43. The van der Waals surface area contributed by atoms with Crippen molar-refractivity contribution in [2.24, 2.45) is 0 Å². The van der Waals surface area contributed by atoms with Crippen LogP contribution in [0.1, 0.15) is 35.3 Å². The van der Waals surface area contributed by atoms with E-state index in [0.717, 1.165) is 16.1 Å². The van der Waals surface area contributed by atoms with Crippen molar-refractivity contribution in [1.82, 2.24) is 0 Å². The van der Waals surface area contributed by atoms with E-state index < -0.39 is 27.9 Å². The van der Waals surface area contributed by atoms with Crippen LogP contribution in [0.4, 0.5) is 11.4 Å². The number of hydrogen-bond acceptors (Lipinski definition) is 5. The number of aryl methyl sites for hydroxylation is 1. The number of anilines is 2. The summed E-state index contributed by atoms with van der Waals surface area (Å²) in [6.45, 7) is 7.01. The topological polar surface area (TPSA) is 92.8 Å². The molecule has 2 aromatic rings. The Morgan fingerprint density at radius 3 is 2.38 bits per heavy atom. The predicted molar refractivity (Wildman–Crippen MR) is 114 cm³/mol. The molecule has 0 saturated carbocycles. The second-order valence-corrected chi connectivity index (χ2v) is 8.62. The molecule has 0 heterocycles. The van der Waals surface area contributed by atoms with Gasteiger partial charge in [-0.1, -0.05) is 18.2 Å². The van der Waals surface area contributed by atoms with E-state index in [1.807, 2.05) is 13.0 Å². The summed E-state index contributed by atoms with van der Waals surface area (Å²) in [7, 11) is -3.71. The first-order chi connectivity index (χ1) is 13.6. The monoisotopic (exact) mass is 418 g/mol. The van der Waals surface area contributed by atoms with Gasteiger partial charge in [-0.25, -0.2) is 13.2 Å². The van der Waals surface area contributed by atoms with Crippen LogP contribution < -0.4 is 9.62 Å². The summed E-state index contributed by atoms with van der Waals surface area (Å²) < 4.78 is 30.9. The van der Waals surface area contributed by atoms with Gasteiger partial charge >= 0.3 is 5.97 Å². The van der Waals surface area contributed by atoms with Crippen molar-refractivity contribution in [3.8, 4) is 0 Å². The maximum absolute atomic E-state index is 12.9. The number of carbonyl (C=O) groups is 2. The second-order valence-electron chi connectivity index (χ2n) is 6.76. The van der Waals surface area contributed by atoms with Crippen LogP contribution in [0.3, 0.4) is 0 Å². The summed E-state index contributed by atoms with van der Waals surface area (Å²) in [6.07, 6.45) is 1.06. The summed E-state index contributed by atoms with van der Waals surface area (Å²) in [5.74, 6) is -0.993. The minimum Gasteiger partial charge on any atom is -0.462 e. The molecule has 1 atom stereocenters. The molecule has 0 unspecified atom stereocenters. The van der Waals surface area contributed by atoms with Crippen LogP contribution >= 0.6 is 0 Å². The highest BCUT2D eigenvalue weighted by atomic mass is 32.2. The summed E-state index contributed by atoms with van der Waals surface area (Å²) in [6, 6.07) is 10.8. The van der Waals surface area contributed by atoms with Gasteiger partial charge in [-0.15, -0.1) is 0 Å². The van der Waals surface area contributed by atoms with E-state index in [2.05, 4.69) is 5.32 Å². The average molecular weight is 419 g/mol. The number of esters is 1. The lowest BCUT2D eigenvalue weighted by Crippen LogP contribution is -2.45.